The lowest BCUT2D eigenvalue weighted by Gasteiger charge is -2.37. The number of hydrogen-bond acceptors (Lipinski definition) is 2. The zero-order chi connectivity index (χ0) is 20.4. The highest BCUT2D eigenvalue weighted by Gasteiger charge is 2.86. The Hall–Kier alpha value is -0.850. The van der Waals surface area contributed by atoms with E-state index >= 15 is 0 Å². The zero-order valence-corrected chi connectivity index (χ0v) is 13.0. The summed E-state index contributed by atoms with van der Waals surface area (Å²) in [7, 11) is 0. The fraction of sp³-hybridized carbons (Fsp3) is 1.00. The van der Waals surface area contributed by atoms with E-state index in [-0.39, 0.29) is 13.0 Å². The average Bonchev–Trinajstić information content (AvgIpc) is 2.98. The van der Waals surface area contributed by atoms with Gasteiger partial charge in [-0.1, -0.05) is 0 Å². The van der Waals surface area contributed by atoms with Crippen LogP contribution in [0.15, 0.2) is 0 Å². The molecule has 2 nitrogen and oxygen atoms in total. The summed E-state index contributed by atoms with van der Waals surface area (Å²) in [5, 5.41) is 0. The van der Waals surface area contributed by atoms with Crippen molar-refractivity contribution in [2.45, 2.75) is 68.3 Å². The predicted octanol–water partition coefficient (Wildman–Crippen LogP) is 5.41. The van der Waals surface area contributed by atoms with Crippen LogP contribution in [0.5, 0.6) is 0 Å². The van der Waals surface area contributed by atoms with Crippen LogP contribution in [0, 0.1) is 0 Å². The smallest absolute Gasteiger partial charge is 0.353 e. The minimum absolute atomic E-state index is 0.262. The molecule has 156 valence electrons. The van der Waals surface area contributed by atoms with E-state index < -0.39 is 49.0 Å². The molecule has 0 spiro atoms. The predicted molar refractivity (Wildman–Crippen MR) is 64.6 cm³/mol. The molecule has 0 amide bonds. The second-order valence-electron chi connectivity index (χ2n) is 5.70. The molecule has 1 saturated heterocycles. The monoisotopic (exact) mass is 412 g/mol. The van der Waals surface area contributed by atoms with Gasteiger partial charge in [0.1, 0.15) is 0 Å². The van der Waals surface area contributed by atoms with E-state index in [0.29, 0.717) is 19.4 Å². The van der Waals surface area contributed by atoms with E-state index in [9.17, 15) is 48.3 Å². The van der Waals surface area contributed by atoms with Gasteiger partial charge in [0, 0.05) is 26.1 Å². The molecule has 13 heteroatoms. The van der Waals surface area contributed by atoms with Crippen LogP contribution >= 0.6 is 0 Å². The molecule has 0 bridgehead atoms. The van der Waals surface area contributed by atoms with Crippen LogP contribution in [0.4, 0.5) is 48.3 Å². The van der Waals surface area contributed by atoms with Gasteiger partial charge >= 0.3 is 29.9 Å². The van der Waals surface area contributed by atoms with Crippen LogP contribution in [0.25, 0.3) is 0 Å². The van der Waals surface area contributed by atoms with Crippen molar-refractivity contribution < 1.29 is 57.8 Å². The van der Waals surface area contributed by atoms with Gasteiger partial charge in [-0.05, 0) is 19.3 Å². The molecule has 0 aliphatic carbocycles. The summed E-state index contributed by atoms with van der Waals surface area (Å²) in [5.41, 5.74) is 0. The summed E-state index contributed by atoms with van der Waals surface area (Å²) in [5.74, 6) is -27.4. The molecule has 1 aliphatic heterocycles. The van der Waals surface area contributed by atoms with Gasteiger partial charge in [-0.25, -0.2) is 0 Å². The van der Waals surface area contributed by atoms with Gasteiger partial charge in [0.2, 0.25) is 0 Å². The van der Waals surface area contributed by atoms with E-state index in [0.717, 1.165) is 0 Å². The van der Waals surface area contributed by atoms with E-state index in [2.05, 4.69) is 0 Å². The lowest BCUT2D eigenvalue weighted by Crippen LogP contribution is -2.66. The second-order valence-corrected chi connectivity index (χ2v) is 5.70. The lowest BCUT2D eigenvalue weighted by atomic mass is 9.95. The number of rotatable bonds is 9. The third-order valence-electron chi connectivity index (χ3n) is 3.68. The third-order valence-corrected chi connectivity index (χ3v) is 3.68. The summed E-state index contributed by atoms with van der Waals surface area (Å²) in [6.45, 7) is 0.138. The van der Waals surface area contributed by atoms with Gasteiger partial charge < -0.3 is 9.47 Å². The van der Waals surface area contributed by atoms with Gasteiger partial charge in [0.05, 0.1) is 0 Å². The number of unbranched alkanes of at least 4 members (excludes halogenated alkanes) is 1. The minimum atomic E-state index is -7.34. The lowest BCUT2D eigenvalue weighted by molar-refractivity contribution is -0.422. The molecule has 0 saturated carbocycles. The summed E-state index contributed by atoms with van der Waals surface area (Å²) in [6.07, 6.45) is -9.81. The number of halogens is 11. The van der Waals surface area contributed by atoms with Gasteiger partial charge in [0.15, 0.2) is 6.29 Å². The van der Waals surface area contributed by atoms with E-state index in [4.69, 9.17) is 9.47 Å². The highest BCUT2D eigenvalue weighted by Crippen LogP contribution is 2.58. The fourth-order valence-electron chi connectivity index (χ4n) is 2.11. The summed E-state index contributed by atoms with van der Waals surface area (Å²) in [4.78, 5) is 0. The SMILES string of the molecule is FC(F)(F)C(F)(F)C(F)(F)C(F)(F)C(F)(F)CCCCOC1CCCO1. The molecule has 0 radical (unpaired) electrons. The fourth-order valence-corrected chi connectivity index (χ4v) is 2.11. The zero-order valence-electron chi connectivity index (χ0n) is 13.0. The maximum absolute atomic E-state index is 13.3. The van der Waals surface area contributed by atoms with Crippen molar-refractivity contribution in [2.75, 3.05) is 13.2 Å². The van der Waals surface area contributed by atoms with Crippen molar-refractivity contribution in [3.05, 3.63) is 0 Å². The minimum Gasteiger partial charge on any atom is -0.353 e. The number of hydrogen-bond donors (Lipinski definition) is 0. The first-order chi connectivity index (χ1) is 11.6. The molecule has 0 aromatic heterocycles. The van der Waals surface area contributed by atoms with Crippen LogP contribution in [0.2, 0.25) is 0 Å². The molecule has 0 N–H and O–H groups in total. The van der Waals surface area contributed by atoms with Crippen molar-refractivity contribution in [1.82, 2.24) is 0 Å². The van der Waals surface area contributed by atoms with Gasteiger partial charge in [0.25, 0.3) is 0 Å². The third kappa shape index (κ3) is 4.34. The largest absolute Gasteiger partial charge is 0.460 e. The molecule has 0 aromatic rings. The molecule has 1 unspecified atom stereocenters. The van der Waals surface area contributed by atoms with Gasteiger partial charge in [-0.15, -0.1) is 0 Å². The maximum atomic E-state index is 13.3. The Balaban J connectivity index is 2.68. The maximum Gasteiger partial charge on any atom is 0.460 e. The van der Waals surface area contributed by atoms with Crippen LogP contribution in [0.3, 0.4) is 0 Å². The van der Waals surface area contributed by atoms with Gasteiger partial charge in [-0.2, -0.15) is 48.3 Å². The van der Waals surface area contributed by atoms with Crippen molar-refractivity contribution in [1.29, 1.82) is 0 Å². The molecule has 26 heavy (non-hydrogen) atoms. The van der Waals surface area contributed by atoms with Crippen LogP contribution in [-0.4, -0.2) is 49.4 Å². The molecular weight excluding hydrogens is 397 g/mol. The Morgan fingerprint density at radius 2 is 1.35 bits per heavy atom. The summed E-state index contributed by atoms with van der Waals surface area (Å²) < 4.78 is 150. The topological polar surface area (TPSA) is 18.5 Å². The van der Waals surface area contributed by atoms with Crippen LogP contribution in [0.1, 0.15) is 32.1 Å². The van der Waals surface area contributed by atoms with Crippen molar-refractivity contribution in [2.24, 2.45) is 0 Å². The summed E-state index contributed by atoms with van der Waals surface area (Å²) in [6, 6.07) is 0. The van der Waals surface area contributed by atoms with E-state index in [1.165, 1.54) is 0 Å². The van der Waals surface area contributed by atoms with Crippen LogP contribution < -0.4 is 0 Å². The number of alkyl halides is 11. The van der Waals surface area contributed by atoms with Crippen molar-refractivity contribution in [3.8, 4) is 0 Å². The van der Waals surface area contributed by atoms with E-state index in [1.54, 1.807) is 0 Å². The molecule has 0 aromatic carbocycles. The molecule has 1 aliphatic rings. The number of ether oxygens (including phenoxy) is 2. The van der Waals surface area contributed by atoms with E-state index in [1.807, 2.05) is 0 Å². The Morgan fingerprint density at radius 1 is 0.769 bits per heavy atom. The van der Waals surface area contributed by atoms with Gasteiger partial charge in [-0.3, -0.25) is 0 Å². The highest BCUT2D eigenvalue weighted by molar-refractivity contribution is 5.06. The highest BCUT2D eigenvalue weighted by atomic mass is 19.4. The Morgan fingerprint density at radius 3 is 1.81 bits per heavy atom. The molecule has 1 fully saturated rings. The molecule has 1 atom stereocenters. The quantitative estimate of drug-likeness (QED) is 0.372. The Labute approximate surface area is 140 Å². The first kappa shape index (κ1) is 23.2. The standard InChI is InChI=1S/C13H15F11O2/c14-9(15,5-1-2-6-25-8-4-3-7-26-8)10(16,17)11(18,19)12(20,21)13(22,23)24/h8H,1-7H2. The molecule has 1 heterocycles. The normalized spacial score (nSPS) is 20.7. The Kier molecular flexibility index (Phi) is 6.82. The molecule has 1 rings (SSSR count). The second kappa shape index (κ2) is 7.64. The summed E-state index contributed by atoms with van der Waals surface area (Å²) >= 11 is 0. The van der Waals surface area contributed by atoms with Crippen molar-refractivity contribution >= 4 is 0 Å². The first-order valence-electron chi connectivity index (χ1n) is 7.39. The first-order valence-corrected chi connectivity index (χ1v) is 7.39. The average molecular weight is 412 g/mol. The molecular formula is C13H15F11O2. The Bertz CT molecular complexity index is 455. The van der Waals surface area contributed by atoms with Crippen molar-refractivity contribution in [3.63, 3.8) is 0 Å². The van der Waals surface area contributed by atoms with Crippen LogP contribution in [-0.2, 0) is 9.47 Å².